The number of sulfonamides is 1. The highest BCUT2D eigenvalue weighted by atomic mass is 32.2. The Balaban J connectivity index is 2.34. The highest BCUT2D eigenvalue weighted by Crippen LogP contribution is 1.96. The number of nitrogens with zero attached hydrogens (tertiary/aromatic N) is 2. The molecule has 8 nitrogen and oxygen atoms in total. The Morgan fingerprint density at radius 3 is 2.89 bits per heavy atom. The highest BCUT2D eigenvalue weighted by Gasteiger charge is 2.10. The van der Waals surface area contributed by atoms with Crippen LogP contribution in [0.4, 0.5) is 0 Å². The number of aromatic nitrogens is 2. The van der Waals surface area contributed by atoms with E-state index in [1.165, 1.54) is 24.2 Å². The molecule has 2 N–H and O–H groups in total. The second-order valence-corrected chi connectivity index (χ2v) is 5.79. The summed E-state index contributed by atoms with van der Waals surface area (Å²) in [6, 6.07) is 0. The summed E-state index contributed by atoms with van der Waals surface area (Å²) in [5, 5.41) is 8.67. The van der Waals surface area contributed by atoms with E-state index in [1.54, 1.807) is 0 Å². The van der Waals surface area contributed by atoms with Crippen molar-refractivity contribution in [2.75, 3.05) is 26.0 Å². The van der Waals surface area contributed by atoms with Gasteiger partial charge in [0.15, 0.2) is 5.69 Å². The lowest BCUT2D eigenvalue weighted by atomic mass is 10.5. The Hall–Kier alpha value is -1.45. The van der Waals surface area contributed by atoms with Crippen molar-refractivity contribution < 1.29 is 23.1 Å². The lowest BCUT2D eigenvalue weighted by molar-refractivity contribution is 0.0691. The molecule has 0 saturated carbocycles. The summed E-state index contributed by atoms with van der Waals surface area (Å²) in [7, 11) is -1.80. The number of methoxy groups -OCH3 is 1. The van der Waals surface area contributed by atoms with Gasteiger partial charge < -0.3 is 14.4 Å². The van der Waals surface area contributed by atoms with Crippen molar-refractivity contribution in [3.05, 3.63) is 18.2 Å². The van der Waals surface area contributed by atoms with Crippen LogP contribution in [0.2, 0.25) is 0 Å². The number of carbonyl (C=O) groups is 1. The Kier molecular flexibility index (Phi) is 5.93. The molecule has 0 saturated heterocycles. The third kappa shape index (κ3) is 5.81. The average Bonchev–Trinajstić information content (AvgIpc) is 2.78. The van der Waals surface area contributed by atoms with Gasteiger partial charge in [-0.15, -0.1) is 0 Å². The molecule has 1 aromatic rings. The zero-order valence-corrected chi connectivity index (χ0v) is 11.4. The van der Waals surface area contributed by atoms with E-state index in [-0.39, 0.29) is 18.0 Å². The molecule has 0 spiro atoms. The van der Waals surface area contributed by atoms with Crippen molar-refractivity contribution in [1.29, 1.82) is 0 Å². The molecular weight excluding hydrogens is 274 g/mol. The second kappa shape index (κ2) is 7.22. The summed E-state index contributed by atoms with van der Waals surface area (Å²) >= 11 is 0. The predicted molar refractivity (Wildman–Crippen MR) is 67.5 cm³/mol. The minimum Gasteiger partial charge on any atom is -0.476 e. The van der Waals surface area contributed by atoms with E-state index < -0.39 is 16.0 Å². The van der Waals surface area contributed by atoms with Gasteiger partial charge in [0.1, 0.15) is 0 Å². The maximum Gasteiger partial charge on any atom is 0.356 e. The third-order valence-corrected chi connectivity index (χ3v) is 3.78. The number of ether oxygens (including phenoxy) is 1. The van der Waals surface area contributed by atoms with E-state index >= 15 is 0 Å². The van der Waals surface area contributed by atoms with Crippen LogP contribution >= 0.6 is 0 Å². The standard InChI is InChI=1S/C10H17N3O5S/c1-18-5-2-6-19(16,17)12-3-4-13-7-9(10(14)15)11-8-13/h7-8,12H,2-6H2,1H3,(H,14,15). The van der Waals surface area contributed by atoms with Crippen LogP contribution in [0.15, 0.2) is 12.5 Å². The van der Waals surface area contributed by atoms with Crippen molar-refractivity contribution >= 4 is 16.0 Å². The average molecular weight is 291 g/mol. The van der Waals surface area contributed by atoms with Gasteiger partial charge in [-0.1, -0.05) is 0 Å². The largest absolute Gasteiger partial charge is 0.476 e. The van der Waals surface area contributed by atoms with Crippen molar-refractivity contribution in [1.82, 2.24) is 14.3 Å². The molecule has 0 fully saturated rings. The van der Waals surface area contributed by atoms with Crippen molar-refractivity contribution in [2.45, 2.75) is 13.0 Å². The molecule has 0 radical (unpaired) electrons. The molecule has 0 aliphatic carbocycles. The van der Waals surface area contributed by atoms with Crippen LogP contribution in [0.25, 0.3) is 0 Å². The van der Waals surface area contributed by atoms with E-state index in [1.807, 2.05) is 0 Å². The molecule has 1 rings (SSSR count). The summed E-state index contributed by atoms with van der Waals surface area (Å²) in [6.07, 6.45) is 3.13. The molecule has 9 heteroatoms. The van der Waals surface area contributed by atoms with Crippen molar-refractivity contribution in [2.24, 2.45) is 0 Å². The van der Waals surface area contributed by atoms with Gasteiger partial charge >= 0.3 is 5.97 Å². The number of carboxylic acids is 1. The minimum absolute atomic E-state index is 0.00510. The van der Waals surface area contributed by atoms with Gasteiger partial charge in [-0.25, -0.2) is 22.9 Å². The Labute approximate surface area is 111 Å². The van der Waals surface area contributed by atoms with Crippen LogP contribution in [-0.4, -0.2) is 55.1 Å². The van der Waals surface area contributed by atoms with Crippen LogP contribution in [0, 0.1) is 0 Å². The van der Waals surface area contributed by atoms with Gasteiger partial charge in [-0.05, 0) is 6.42 Å². The molecule has 0 aliphatic heterocycles. The third-order valence-electron chi connectivity index (χ3n) is 2.31. The number of aromatic carboxylic acids is 1. The van der Waals surface area contributed by atoms with Gasteiger partial charge in [-0.3, -0.25) is 0 Å². The molecule has 19 heavy (non-hydrogen) atoms. The predicted octanol–water partition coefficient (Wildman–Crippen LogP) is -0.463. The zero-order chi connectivity index (χ0) is 14.3. The van der Waals surface area contributed by atoms with Crippen LogP contribution in [0.1, 0.15) is 16.9 Å². The Bertz CT molecular complexity index is 511. The molecule has 0 amide bonds. The van der Waals surface area contributed by atoms with Gasteiger partial charge in [-0.2, -0.15) is 0 Å². The Morgan fingerprint density at radius 2 is 2.32 bits per heavy atom. The van der Waals surface area contributed by atoms with Crippen molar-refractivity contribution in [3.63, 3.8) is 0 Å². The molecule has 108 valence electrons. The fourth-order valence-corrected chi connectivity index (χ4v) is 2.43. The molecule has 0 unspecified atom stereocenters. The quantitative estimate of drug-likeness (QED) is 0.595. The molecule has 0 atom stereocenters. The fourth-order valence-electron chi connectivity index (χ4n) is 1.39. The highest BCUT2D eigenvalue weighted by molar-refractivity contribution is 7.89. The first kappa shape index (κ1) is 15.6. The summed E-state index contributed by atoms with van der Waals surface area (Å²) in [4.78, 5) is 14.3. The smallest absolute Gasteiger partial charge is 0.356 e. The van der Waals surface area contributed by atoms with Crippen LogP contribution in [0.3, 0.4) is 0 Å². The van der Waals surface area contributed by atoms with Crippen molar-refractivity contribution in [3.8, 4) is 0 Å². The zero-order valence-electron chi connectivity index (χ0n) is 10.6. The summed E-state index contributed by atoms with van der Waals surface area (Å²) in [5.41, 5.74) is -0.0667. The number of hydrogen-bond donors (Lipinski definition) is 2. The number of rotatable bonds is 9. The number of carboxylic acid groups (broad SMARTS) is 1. The minimum atomic E-state index is -3.31. The molecule has 0 bridgehead atoms. The van der Waals surface area contributed by atoms with E-state index in [0.717, 1.165) is 0 Å². The summed E-state index contributed by atoms with van der Waals surface area (Å²) in [6.45, 7) is 0.902. The monoisotopic (exact) mass is 291 g/mol. The van der Waals surface area contributed by atoms with Crippen LogP contribution in [-0.2, 0) is 21.3 Å². The maximum absolute atomic E-state index is 11.5. The van der Waals surface area contributed by atoms with E-state index in [4.69, 9.17) is 9.84 Å². The van der Waals surface area contributed by atoms with Gasteiger partial charge in [0.25, 0.3) is 0 Å². The van der Waals surface area contributed by atoms with E-state index in [9.17, 15) is 13.2 Å². The fraction of sp³-hybridized carbons (Fsp3) is 0.600. The molecule has 0 aromatic carbocycles. The number of nitrogens with one attached hydrogen (secondary N) is 1. The van der Waals surface area contributed by atoms with Crippen LogP contribution in [0.5, 0.6) is 0 Å². The van der Waals surface area contributed by atoms with Gasteiger partial charge in [0.05, 0.1) is 12.1 Å². The molecular formula is C10H17N3O5S. The van der Waals surface area contributed by atoms with Crippen LogP contribution < -0.4 is 4.72 Å². The summed E-state index contributed by atoms with van der Waals surface area (Å²) < 4.78 is 31.8. The lowest BCUT2D eigenvalue weighted by Crippen LogP contribution is -2.29. The normalized spacial score (nSPS) is 11.6. The maximum atomic E-state index is 11.5. The SMILES string of the molecule is COCCCS(=O)(=O)NCCn1cnc(C(=O)O)c1. The Morgan fingerprint density at radius 1 is 1.58 bits per heavy atom. The topological polar surface area (TPSA) is 111 Å². The van der Waals surface area contributed by atoms with E-state index in [2.05, 4.69) is 9.71 Å². The van der Waals surface area contributed by atoms with E-state index in [0.29, 0.717) is 19.6 Å². The first-order chi connectivity index (χ1) is 8.94. The van der Waals surface area contributed by atoms with Gasteiger partial charge in [0, 0.05) is 33.0 Å². The first-order valence-corrected chi connectivity index (χ1v) is 7.31. The summed E-state index contributed by atoms with van der Waals surface area (Å²) in [5.74, 6) is -1.11. The number of hydrogen-bond acceptors (Lipinski definition) is 5. The molecule has 0 aliphatic rings. The number of imidazole rings is 1. The second-order valence-electron chi connectivity index (χ2n) is 3.86. The molecule has 1 aromatic heterocycles. The first-order valence-electron chi connectivity index (χ1n) is 5.66. The lowest BCUT2D eigenvalue weighted by Gasteiger charge is -2.06. The van der Waals surface area contributed by atoms with Gasteiger partial charge in [0.2, 0.25) is 10.0 Å². The molecule has 1 heterocycles.